The van der Waals surface area contributed by atoms with Crippen LogP contribution in [0.2, 0.25) is 0 Å². The second-order valence-corrected chi connectivity index (χ2v) is 7.40. The van der Waals surface area contributed by atoms with Gasteiger partial charge in [0.1, 0.15) is 5.82 Å². The maximum Gasteiger partial charge on any atom is 0.337 e. The Bertz CT molecular complexity index is 1260. The predicted molar refractivity (Wildman–Crippen MR) is 125 cm³/mol. The number of rotatable bonds is 6. The van der Waals surface area contributed by atoms with E-state index in [1.807, 2.05) is 24.3 Å². The number of aromatic nitrogens is 2. The number of carbonyl (C=O) groups excluding carboxylic acids is 2. The summed E-state index contributed by atoms with van der Waals surface area (Å²) in [5.41, 5.74) is 5.02. The number of benzene rings is 3. The normalized spacial score (nSPS) is 10.7. The van der Waals surface area contributed by atoms with Crippen LogP contribution in [0.15, 0.2) is 72.8 Å². The van der Waals surface area contributed by atoms with Gasteiger partial charge in [0.25, 0.3) is 0 Å². The van der Waals surface area contributed by atoms with Crippen LogP contribution in [0.3, 0.4) is 0 Å². The Morgan fingerprint density at radius 2 is 1.78 bits per heavy atom. The zero-order valence-corrected chi connectivity index (χ0v) is 18.0. The van der Waals surface area contributed by atoms with Crippen LogP contribution in [0.4, 0.5) is 10.5 Å². The molecule has 0 radical (unpaired) electrons. The molecule has 0 aliphatic carbocycles. The molecule has 0 aliphatic heterocycles. The minimum Gasteiger partial charge on any atom is -0.465 e. The van der Waals surface area contributed by atoms with Gasteiger partial charge in [0.2, 0.25) is 0 Å². The number of nitrogens with one attached hydrogen (secondary N) is 2. The minimum atomic E-state index is -0.454. The molecule has 0 atom stereocenters. The Morgan fingerprint density at radius 3 is 2.56 bits per heavy atom. The fourth-order valence-corrected chi connectivity index (χ4v) is 3.52. The summed E-state index contributed by atoms with van der Waals surface area (Å²) >= 11 is 0. The van der Waals surface area contributed by atoms with Gasteiger partial charge in [0.05, 0.1) is 23.7 Å². The van der Waals surface area contributed by atoms with Gasteiger partial charge in [-0.15, -0.1) is 0 Å². The van der Waals surface area contributed by atoms with Crippen molar-refractivity contribution in [3.8, 4) is 11.4 Å². The molecule has 0 unspecified atom stereocenters. The van der Waals surface area contributed by atoms with Gasteiger partial charge in [-0.1, -0.05) is 48.0 Å². The van der Waals surface area contributed by atoms with E-state index in [0.29, 0.717) is 24.3 Å². The van der Waals surface area contributed by atoms with Gasteiger partial charge in [-0.25, -0.2) is 14.6 Å². The van der Waals surface area contributed by atoms with Gasteiger partial charge in [0, 0.05) is 24.3 Å². The van der Waals surface area contributed by atoms with Crippen LogP contribution in [0.5, 0.6) is 0 Å². The lowest BCUT2D eigenvalue weighted by Crippen LogP contribution is -2.31. The van der Waals surface area contributed by atoms with E-state index in [0.717, 1.165) is 22.4 Å². The molecule has 4 aromatic rings. The van der Waals surface area contributed by atoms with E-state index in [1.54, 1.807) is 24.3 Å². The van der Waals surface area contributed by atoms with Crippen LogP contribution < -0.4 is 10.6 Å². The molecule has 4 rings (SSSR count). The molecule has 7 heteroatoms. The third kappa shape index (κ3) is 4.62. The van der Waals surface area contributed by atoms with E-state index in [1.165, 1.54) is 12.7 Å². The molecule has 1 heterocycles. The summed E-state index contributed by atoms with van der Waals surface area (Å²) in [5, 5.41) is 5.62. The molecule has 2 amide bonds. The topological polar surface area (TPSA) is 85.2 Å². The number of methoxy groups -OCH3 is 1. The second-order valence-electron chi connectivity index (χ2n) is 7.40. The highest BCUT2D eigenvalue weighted by Crippen LogP contribution is 2.25. The molecule has 0 saturated carbocycles. The quantitative estimate of drug-likeness (QED) is 0.439. The van der Waals surface area contributed by atoms with Crippen molar-refractivity contribution in [3.63, 3.8) is 0 Å². The van der Waals surface area contributed by atoms with E-state index in [2.05, 4.69) is 46.4 Å². The average molecular weight is 428 g/mol. The van der Waals surface area contributed by atoms with E-state index in [9.17, 15) is 9.59 Å². The van der Waals surface area contributed by atoms with Crippen molar-refractivity contribution in [2.75, 3.05) is 19.0 Å². The molecule has 162 valence electrons. The van der Waals surface area contributed by atoms with E-state index in [4.69, 9.17) is 9.72 Å². The molecule has 2 N–H and O–H groups in total. The summed E-state index contributed by atoms with van der Waals surface area (Å²) in [4.78, 5) is 28.9. The Morgan fingerprint density at radius 1 is 1.00 bits per heavy atom. The molecule has 3 aromatic carbocycles. The number of urea groups is 1. The fourth-order valence-electron chi connectivity index (χ4n) is 3.52. The zero-order chi connectivity index (χ0) is 22.5. The lowest BCUT2D eigenvalue weighted by atomic mass is 10.1. The van der Waals surface area contributed by atoms with Crippen LogP contribution in [-0.2, 0) is 11.3 Å². The van der Waals surface area contributed by atoms with Crippen LogP contribution in [-0.4, -0.2) is 35.2 Å². The van der Waals surface area contributed by atoms with Gasteiger partial charge in [-0.3, -0.25) is 0 Å². The van der Waals surface area contributed by atoms with Crippen molar-refractivity contribution in [2.45, 2.75) is 13.5 Å². The Balaban J connectivity index is 1.46. The fraction of sp³-hybridized carbons (Fsp3) is 0.160. The van der Waals surface area contributed by atoms with Crippen molar-refractivity contribution in [3.05, 3.63) is 83.9 Å². The maximum absolute atomic E-state index is 12.4. The van der Waals surface area contributed by atoms with Crippen molar-refractivity contribution in [2.24, 2.45) is 0 Å². The largest absolute Gasteiger partial charge is 0.465 e. The van der Waals surface area contributed by atoms with Gasteiger partial charge in [-0.2, -0.15) is 0 Å². The number of hydrogen-bond donors (Lipinski definition) is 2. The Labute approximate surface area is 186 Å². The Hall–Kier alpha value is -4.13. The summed E-state index contributed by atoms with van der Waals surface area (Å²) in [5.74, 6) is 0.406. The lowest BCUT2D eigenvalue weighted by molar-refractivity contribution is 0.0600. The first-order valence-corrected chi connectivity index (χ1v) is 10.3. The summed E-state index contributed by atoms with van der Waals surface area (Å²) in [6.07, 6.45) is 0. The number of imidazole rings is 1. The molecule has 0 fully saturated rings. The van der Waals surface area contributed by atoms with Crippen LogP contribution in [0.1, 0.15) is 15.9 Å². The number of hydrogen-bond acceptors (Lipinski definition) is 4. The standard InChI is InChI=1S/C25H24N4O3/c1-17-10-12-18(13-11-17)23-28-21-8-3-4-9-22(21)29(23)15-14-26-25(31)27-20-7-5-6-19(16-20)24(30)32-2/h3-13,16H,14-15H2,1-2H3,(H2,26,27,31). The minimum absolute atomic E-state index is 0.353. The van der Waals surface area contributed by atoms with Crippen LogP contribution >= 0.6 is 0 Å². The molecule has 7 nitrogen and oxygen atoms in total. The number of carbonyl (C=O) groups is 2. The van der Waals surface area contributed by atoms with Gasteiger partial charge < -0.3 is 19.9 Å². The monoisotopic (exact) mass is 428 g/mol. The third-order valence-electron chi connectivity index (χ3n) is 5.13. The first-order valence-electron chi connectivity index (χ1n) is 10.3. The van der Waals surface area contributed by atoms with E-state index in [-0.39, 0.29) is 6.03 Å². The van der Waals surface area contributed by atoms with Crippen molar-refractivity contribution >= 4 is 28.7 Å². The number of nitrogens with zero attached hydrogens (tertiary/aromatic N) is 2. The average Bonchev–Trinajstić information content (AvgIpc) is 3.18. The molecule has 32 heavy (non-hydrogen) atoms. The number of fused-ring (bicyclic) bond motifs is 1. The number of aryl methyl sites for hydroxylation is 1. The van der Waals surface area contributed by atoms with Crippen molar-refractivity contribution in [1.29, 1.82) is 0 Å². The number of anilines is 1. The van der Waals surface area contributed by atoms with E-state index < -0.39 is 5.97 Å². The highest BCUT2D eigenvalue weighted by Gasteiger charge is 2.13. The summed E-state index contributed by atoms with van der Waals surface area (Å²) in [7, 11) is 1.32. The first-order chi connectivity index (χ1) is 15.5. The van der Waals surface area contributed by atoms with Crippen molar-refractivity contribution < 1.29 is 14.3 Å². The van der Waals surface area contributed by atoms with Crippen molar-refractivity contribution in [1.82, 2.24) is 14.9 Å². The molecule has 0 saturated heterocycles. The predicted octanol–water partition coefficient (Wildman–Crippen LogP) is 4.62. The van der Waals surface area contributed by atoms with Gasteiger partial charge >= 0.3 is 12.0 Å². The van der Waals surface area contributed by atoms with Gasteiger partial charge in [0.15, 0.2) is 0 Å². The van der Waals surface area contributed by atoms with Crippen LogP contribution in [0.25, 0.3) is 22.4 Å². The summed E-state index contributed by atoms with van der Waals surface area (Å²) in [6, 6.07) is 22.4. The third-order valence-corrected chi connectivity index (χ3v) is 5.13. The van der Waals surface area contributed by atoms with Crippen LogP contribution in [0, 0.1) is 6.92 Å². The Kier molecular flexibility index (Phi) is 6.17. The van der Waals surface area contributed by atoms with Gasteiger partial charge in [-0.05, 0) is 37.3 Å². The molecule has 0 aliphatic rings. The molecule has 1 aromatic heterocycles. The molecule has 0 bridgehead atoms. The summed E-state index contributed by atoms with van der Waals surface area (Å²) < 4.78 is 6.83. The lowest BCUT2D eigenvalue weighted by Gasteiger charge is -2.12. The highest BCUT2D eigenvalue weighted by molar-refractivity contribution is 5.93. The molecule has 0 spiro atoms. The van der Waals surface area contributed by atoms with E-state index >= 15 is 0 Å². The smallest absolute Gasteiger partial charge is 0.337 e. The number of ether oxygens (including phenoxy) is 1. The SMILES string of the molecule is COC(=O)c1cccc(NC(=O)NCCn2c(-c3ccc(C)cc3)nc3ccccc32)c1. The number of amides is 2. The summed E-state index contributed by atoms with van der Waals surface area (Å²) in [6.45, 7) is 3.01. The first kappa shape index (κ1) is 21.1. The number of esters is 1. The maximum atomic E-state index is 12.4. The molecular weight excluding hydrogens is 404 g/mol. The highest BCUT2D eigenvalue weighted by atomic mass is 16.5. The molecular formula is C25H24N4O3. The zero-order valence-electron chi connectivity index (χ0n) is 18.0. The number of para-hydroxylation sites is 2. The second kappa shape index (κ2) is 9.34.